The van der Waals surface area contributed by atoms with E-state index in [1.165, 1.54) is 0 Å². The first-order chi connectivity index (χ1) is 7.89. The van der Waals surface area contributed by atoms with Gasteiger partial charge in [-0.1, -0.05) is 6.92 Å². The third-order valence-electron chi connectivity index (χ3n) is 2.73. The summed E-state index contributed by atoms with van der Waals surface area (Å²) in [5.41, 5.74) is 2.04. The second-order valence-corrected chi connectivity index (χ2v) is 4.58. The fourth-order valence-electron chi connectivity index (χ4n) is 1.23. The van der Waals surface area contributed by atoms with E-state index in [0.29, 0.717) is 17.5 Å². The maximum atomic E-state index is 9.65. The predicted octanol–water partition coefficient (Wildman–Crippen LogP) is 0.896. The van der Waals surface area contributed by atoms with Crippen LogP contribution < -0.4 is 16.6 Å². The molecule has 1 rings (SSSR count). The Kier molecular flexibility index (Phi) is 4.25. The van der Waals surface area contributed by atoms with Crippen LogP contribution in [0.1, 0.15) is 33.5 Å². The molecule has 1 heterocycles. The Balaban J connectivity index is 2.98. The normalized spacial score (nSPS) is 13.3. The largest absolute Gasteiger partial charge is 0.391 e. The summed E-state index contributed by atoms with van der Waals surface area (Å²) in [5.74, 6) is 7.25. The summed E-state index contributed by atoms with van der Waals surface area (Å²) < 4.78 is 0. The van der Waals surface area contributed by atoms with Gasteiger partial charge in [0.1, 0.15) is 17.5 Å². The smallest absolute Gasteiger partial charge is 0.145 e. The van der Waals surface area contributed by atoms with Crippen molar-refractivity contribution in [2.75, 3.05) is 10.7 Å². The molecule has 1 aromatic rings. The average molecular weight is 239 g/mol. The SMILES string of the molecule is CCc1nc(NN)cc(NC(C)(C)C(C)O)n1. The van der Waals surface area contributed by atoms with Crippen molar-refractivity contribution < 1.29 is 5.11 Å². The molecule has 0 aliphatic heterocycles. The van der Waals surface area contributed by atoms with Crippen LogP contribution in [0.2, 0.25) is 0 Å². The number of hydrazine groups is 1. The van der Waals surface area contributed by atoms with Crippen molar-refractivity contribution in [2.24, 2.45) is 5.84 Å². The molecule has 5 N–H and O–H groups in total. The quantitative estimate of drug-likeness (QED) is 0.450. The second-order valence-electron chi connectivity index (χ2n) is 4.58. The fraction of sp³-hybridized carbons (Fsp3) is 0.636. The van der Waals surface area contributed by atoms with E-state index in [4.69, 9.17) is 5.84 Å². The Bertz CT molecular complexity index is 356. The third kappa shape index (κ3) is 3.54. The molecule has 0 spiro atoms. The molecule has 17 heavy (non-hydrogen) atoms. The van der Waals surface area contributed by atoms with E-state index in [1.54, 1.807) is 13.0 Å². The standard InChI is InChI=1S/C11H21N5O/c1-5-8-13-9(6-10(14-8)16-12)15-11(3,4)7(2)17/h6-7,17H,5,12H2,1-4H3,(H2,13,14,15,16). The molecular formula is C11H21N5O. The minimum atomic E-state index is -0.503. The highest BCUT2D eigenvalue weighted by Gasteiger charge is 2.24. The van der Waals surface area contributed by atoms with Gasteiger partial charge >= 0.3 is 0 Å². The van der Waals surface area contributed by atoms with Crippen molar-refractivity contribution in [1.29, 1.82) is 0 Å². The maximum Gasteiger partial charge on any atom is 0.145 e. The van der Waals surface area contributed by atoms with E-state index >= 15 is 0 Å². The van der Waals surface area contributed by atoms with Gasteiger partial charge in [-0.25, -0.2) is 15.8 Å². The van der Waals surface area contributed by atoms with Crippen LogP contribution in [0.3, 0.4) is 0 Å². The fourth-order valence-corrected chi connectivity index (χ4v) is 1.23. The summed E-state index contributed by atoms with van der Waals surface area (Å²) in [6.45, 7) is 7.51. The third-order valence-corrected chi connectivity index (χ3v) is 2.73. The number of aromatic nitrogens is 2. The first-order valence-electron chi connectivity index (χ1n) is 5.70. The van der Waals surface area contributed by atoms with Gasteiger partial charge < -0.3 is 15.8 Å². The van der Waals surface area contributed by atoms with Gasteiger partial charge in [-0.05, 0) is 20.8 Å². The lowest BCUT2D eigenvalue weighted by Crippen LogP contribution is -2.42. The number of nitrogens with two attached hydrogens (primary N) is 1. The number of nitrogens with zero attached hydrogens (tertiary/aromatic N) is 2. The lowest BCUT2D eigenvalue weighted by molar-refractivity contribution is 0.133. The Labute approximate surface area is 102 Å². The summed E-state index contributed by atoms with van der Waals surface area (Å²) in [5, 5.41) is 12.8. The monoisotopic (exact) mass is 239 g/mol. The zero-order valence-electron chi connectivity index (χ0n) is 10.8. The summed E-state index contributed by atoms with van der Waals surface area (Å²) in [6, 6.07) is 1.71. The first-order valence-corrected chi connectivity index (χ1v) is 5.70. The molecule has 1 unspecified atom stereocenters. The molecule has 1 atom stereocenters. The van der Waals surface area contributed by atoms with Crippen LogP contribution >= 0.6 is 0 Å². The van der Waals surface area contributed by atoms with Gasteiger partial charge in [0.2, 0.25) is 0 Å². The second kappa shape index (κ2) is 5.29. The molecule has 0 amide bonds. The predicted molar refractivity (Wildman–Crippen MR) is 68.6 cm³/mol. The van der Waals surface area contributed by atoms with Gasteiger partial charge in [-0.2, -0.15) is 0 Å². The topological polar surface area (TPSA) is 96.1 Å². The molecule has 0 fully saturated rings. The summed E-state index contributed by atoms with van der Waals surface area (Å²) in [7, 11) is 0. The first kappa shape index (κ1) is 13.7. The average Bonchev–Trinajstić information content (AvgIpc) is 2.27. The molecule has 0 saturated heterocycles. The molecule has 6 nitrogen and oxygen atoms in total. The molecule has 0 aliphatic carbocycles. The number of aryl methyl sites for hydroxylation is 1. The summed E-state index contributed by atoms with van der Waals surface area (Å²) in [6.07, 6.45) is 0.219. The van der Waals surface area contributed by atoms with Gasteiger partial charge in [0.15, 0.2) is 0 Å². The van der Waals surface area contributed by atoms with Crippen molar-refractivity contribution in [1.82, 2.24) is 9.97 Å². The van der Waals surface area contributed by atoms with E-state index in [0.717, 1.165) is 6.42 Å². The minimum absolute atomic E-state index is 0.467. The molecule has 0 saturated carbocycles. The van der Waals surface area contributed by atoms with Gasteiger partial charge in [0.25, 0.3) is 0 Å². The van der Waals surface area contributed by atoms with Crippen LogP contribution in [0, 0.1) is 0 Å². The van der Waals surface area contributed by atoms with Crippen molar-refractivity contribution in [2.45, 2.75) is 45.8 Å². The zero-order chi connectivity index (χ0) is 13.1. The molecule has 0 bridgehead atoms. The number of hydrogen-bond acceptors (Lipinski definition) is 6. The highest BCUT2D eigenvalue weighted by atomic mass is 16.3. The summed E-state index contributed by atoms with van der Waals surface area (Å²) in [4.78, 5) is 8.53. The Morgan fingerprint density at radius 2 is 2.00 bits per heavy atom. The van der Waals surface area contributed by atoms with Crippen molar-refractivity contribution in [3.8, 4) is 0 Å². The number of hydrogen-bond donors (Lipinski definition) is 4. The number of rotatable bonds is 5. The Morgan fingerprint density at radius 3 is 2.47 bits per heavy atom. The lowest BCUT2D eigenvalue weighted by atomic mass is 9.99. The number of anilines is 2. The Hall–Kier alpha value is -1.40. The van der Waals surface area contributed by atoms with Crippen molar-refractivity contribution in [3.05, 3.63) is 11.9 Å². The molecule has 0 radical (unpaired) electrons. The molecule has 0 aromatic carbocycles. The lowest BCUT2D eigenvalue weighted by Gasteiger charge is -2.30. The molecule has 1 aromatic heterocycles. The molecular weight excluding hydrogens is 218 g/mol. The Morgan fingerprint density at radius 1 is 1.41 bits per heavy atom. The van der Waals surface area contributed by atoms with Gasteiger partial charge in [0, 0.05) is 12.5 Å². The van der Waals surface area contributed by atoms with E-state index in [2.05, 4.69) is 20.7 Å². The van der Waals surface area contributed by atoms with Crippen LogP contribution in [-0.2, 0) is 6.42 Å². The van der Waals surface area contributed by atoms with Crippen LogP contribution in [0.5, 0.6) is 0 Å². The van der Waals surface area contributed by atoms with Crippen LogP contribution in [0.25, 0.3) is 0 Å². The highest BCUT2D eigenvalue weighted by molar-refractivity contribution is 5.48. The van der Waals surface area contributed by atoms with Crippen LogP contribution in [0.4, 0.5) is 11.6 Å². The van der Waals surface area contributed by atoms with E-state index < -0.39 is 11.6 Å². The van der Waals surface area contributed by atoms with Gasteiger partial charge in [0.05, 0.1) is 11.6 Å². The van der Waals surface area contributed by atoms with E-state index in [-0.39, 0.29) is 0 Å². The van der Waals surface area contributed by atoms with Crippen molar-refractivity contribution >= 4 is 11.6 Å². The molecule has 0 aliphatic rings. The van der Waals surface area contributed by atoms with Crippen LogP contribution in [0.15, 0.2) is 6.07 Å². The molecule has 6 heteroatoms. The summed E-state index contributed by atoms with van der Waals surface area (Å²) >= 11 is 0. The zero-order valence-corrected chi connectivity index (χ0v) is 10.8. The van der Waals surface area contributed by atoms with Crippen LogP contribution in [-0.4, -0.2) is 26.7 Å². The van der Waals surface area contributed by atoms with Gasteiger partial charge in [-0.15, -0.1) is 0 Å². The number of aliphatic hydroxyl groups excluding tert-OH is 1. The number of aliphatic hydroxyl groups is 1. The van der Waals surface area contributed by atoms with Crippen molar-refractivity contribution in [3.63, 3.8) is 0 Å². The maximum absolute atomic E-state index is 9.65. The van der Waals surface area contributed by atoms with E-state index in [1.807, 2.05) is 20.8 Å². The van der Waals surface area contributed by atoms with Gasteiger partial charge in [-0.3, -0.25) is 0 Å². The highest BCUT2D eigenvalue weighted by Crippen LogP contribution is 2.18. The van der Waals surface area contributed by atoms with E-state index in [9.17, 15) is 5.11 Å². The molecule has 96 valence electrons. The number of nitrogens with one attached hydrogen (secondary N) is 2. The minimum Gasteiger partial charge on any atom is -0.391 e. The number of nitrogen functional groups attached to an aromatic ring is 1.